The zero-order valence-corrected chi connectivity index (χ0v) is 23.4. The second kappa shape index (κ2) is 13.7. The Hall–Kier alpha value is -2.95. The van der Waals surface area contributed by atoms with Crippen LogP contribution in [0.15, 0.2) is 72.8 Å². The third-order valence-electron chi connectivity index (χ3n) is 7.66. The summed E-state index contributed by atoms with van der Waals surface area (Å²) >= 11 is 6.01. The number of carbonyl (C=O) groups is 2. The lowest BCUT2D eigenvalue weighted by Crippen LogP contribution is -2.38. The van der Waals surface area contributed by atoms with E-state index in [-0.39, 0.29) is 24.5 Å². The highest BCUT2D eigenvalue weighted by molar-refractivity contribution is 6.30. The van der Waals surface area contributed by atoms with E-state index in [1.165, 1.54) is 16.7 Å². The van der Waals surface area contributed by atoms with E-state index < -0.39 is 0 Å². The van der Waals surface area contributed by atoms with Crippen LogP contribution in [0.4, 0.5) is 0 Å². The fraction of sp³-hybridized carbons (Fsp3) is 0.394. The minimum absolute atomic E-state index is 0.0448. The van der Waals surface area contributed by atoms with Crippen molar-refractivity contribution < 1.29 is 9.59 Å². The number of rotatable bonds is 11. The molecule has 1 aliphatic rings. The number of amides is 1. The van der Waals surface area contributed by atoms with E-state index in [4.69, 9.17) is 11.6 Å². The Bertz CT molecular complexity index is 1220. The van der Waals surface area contributed by atoms with Crippen LogP contribution in [0.25, 0.3) is 0 Å². The van der Waals surface area contributed by atoms with Crippen molar-refractivity contribution in [3.63, 3.8) is 0 Å². The van der Waals surface area contributed by atoms with Crippen LogP contribution < -0.4 is 0 Å². The Balaban J connectivity index is 1.23. The van der Waals surface area contributed by atoms with Gasteiger partial charge in [0.1, 0.15) is 0 Å². The number of ketones is 1. The molecular formula is C33H39ClN2O2. The van der Waals surface area contributed by atoms with Gasteiger partial charge < -0.3 is 4.90 Å². The predicted molar refractivity (Wildman–Crippen MR) is 156 cm³/mol. The number of aryl methyl sites for hydroxylation is 1. The molecule has 0 N–H and O–H groups in total. The number of piperidine rings is 1. The average molecular weight is 531 g/mol. The second-order valence-electron chi connectivity index (χ2n) is 10.4. The van der Waals surface area contributed by atoms with Gasteiger partial charge in [-0.05, 0) is 73.5 Å². The molecule has 1 aliphatic heterocycles. The van der Waals surface area contributed by atoms with Crippen LogP contribution in [0.2, 0.25) is 5.02 Å². The van der Waals surface area contributed by atoms with Crippen molar-refractivity contribution in [3.05, 3.63) is 106 Å². The Morgan fingerprint density at radius 3 is 2.34 bits per heavy atom. The summed E-state index contributed by atoms with van der Waals surface area (Å²) in [7, 11) is 0. The molecule has 4 rings (SSSR count). The molecule has 0 bridgehead atoms. The van der Waals surface area contributed by atoms with Crippen LogP contribution in [0, 0.1) is 6.92 Å². The maximum Gasteiger partial charge on any atom is 0.223 e. The molecule has 0 radical (unpaired) electrons. The van der Waals surface area contributed by atoms with E-state index in [2.05, 4.69) is 61.2 Å². The van der Waals surface area contributed by atoms with Gasteiger partial charge in [-0.2, -0.15) is 0 Å². The number of likely N-dealkylation sites (tertiary alicyclic amines) is 1. The van der Waals surface area contributed by atoms with Crippen molar-refractivity contribution in [3.8, 4) is 0 Å². The largest absolute Gasteiger partial charge is 0.343 e. The third-order valence-corrected chi connectivity index (χ3v) is 7.91. The number of carbonyl (C=O) groups excluding carboxylic acids is 2. The highest BCUT2D eigenvalue weighted by atomic mass is 35.5. The topological polar surface area (TPSA) is 40.6 Å². The fourth-order valence-electron chi connectivity index (χ4n) is 5.33. The molecule has 0 aliphatic carbocycles. The molecule has 0 atom stereocenters. The number of Topliss-reactive ketones (excluding diaryl/α,β-unsaturated/α-hetero) is 1. The summed E-state index contributed by atoms with van der Waals surface area (Å²) < 4.78 is 0. The fourth-order valence-corrected chi connectivity index (χ4v) is 5.45. The lowest BCUT2D eigenvalue weighted by Gasteiger charge is -2.32. The number of likely N-dealkylation sites (N-methyl/N-ethyl adjacent to an activating group) is 1. The molecule has 3 aromatic rings. The first-order valence-electron chi connectivity index (χ1n) is 13.8. The molecule has 1 heterocycles. The molecular weight excluding hydrogens is 492 g/mol. The monoisotopic (exact) mass is 530 g/mol. The average Bonchev–Trinajstić information content (AvgIpc) is 2.94. The predicted octanol–water partition coefficient (Wildman–Crippen LogP) is 7.08. The summed E-state index contributed by atoms with van der Waals surface area (Å²) in [5.41, 5.74) is 5.77. The number of benzene rings is 3. The smallest absolute Gasteiger partial charge is 0.223 e. The Morgan fingerprint density at radius 2 is 1.63 bits per heavy atom. The van der Waals surface area contributed by atoms with Gasteiger partial charge in [0.25, 0.3) is 0 Å². The molecule has 0 aromatic heterocycles. The van der Waals surface area contributed by atoms with Crippen molar-refractivity contribution in [1.29, 1.82) is 0 Å². The maximum atomic E-state index is 12.9. The molecule has 0 spiro atoms. The highest BCUT2D eigenvalue weighted by Gasteiger charge is 2.24. The summed E-state index contributed by atoms with van der Waals surface area (Å²) in [5, 5.41) is 0.748. The van der Waals surface area contributed by atoms with Crippen LogP contribution >= 0.6 is 11.6 Å². The van der Waals surface area contributed by atoms with Crippen molar-refractivity contribution in [2.75, 3.05) is 26.2 Å². The van der Waals surface area contributed by atoms with E-state index in [9.17, 15) is 9.59 Å². The molecule has 3 aromatic carbocycles. The van der Waals surface area contributed by atoms with E-state index >= 15 is 0 Å². The van der Waals surface area contributed by atoms with Crippen molar-refractivity contribution in [2.45, 2.75) is 58.4 Å². The first-order chi connectivity index (χ1) is 18.4. The van der Waals surface area contributed by atoms with Gasteiger partial charge in [0.2, 0.25) is 5.91 Å². The molecule has 5 heteroatoms. The van der Waals surface area contributed by atoms with Gasteiger partial charge >= 0.3 is 0 Å². The van der Waals surface area contributed by atoms with Crippen LogP contribution in [0.5, 0.6) is 0 Å². The lowest BCUT2D eigenvalue weighted by atomic mass is 9.89. The van der Waals surface area contributed by atoms with Gasteiger partial charge in [-0.3, -0.25) is 14.5 Å². The molecule has 4 nitrogen and oxygen atoms in total. The van der Waals surface area contributed by atoms with Gasteiger partial charge in [-0.1, -0.05) is 78.7 Å². The van der Waals surface area contributed by atoms with Crippen LogP contribution in [0.1, 0.15) is 71.1 Å². The molecule has 0 saturated carbocycles. The molecule has 1 saturated heterocycles. The molecule has 200 valence electrons. The van der Waals surface area contributed by atoms with E-state index in [1.807, 2.05) is 35.2 Å². The van der Waals surface area contributed by atoms with E-state index in [1.54, 1.807) is 0 Å². The van der Waals surface area contributed by atoms with Gasteiger partial charge in [0.15, 0.2) is 5.78 Å². The van der Waals surface area contributed by atoms with Crippen molar-refractivity contribution >= 4 is 23.3 Å². The zero-order chi connectivity index (χ0) is 26.9. The van der Waals surface area contributed by atoms with Gasteiger partial charge in [0.05, 0.1) is 0 Å². The Kier molecular flexibility index (Phi) is 10.1. The van der Waals surface area contributed by atoms with Crippen LogP contribution in [0.3, 0.4) is 0 Å². The van der Waals surface area contributed by atoms with E-state index in [0.29, 0.717) is 11.5 Å². The molecule has 1 amide bonds. The quantitative estimate of drug-likeness (QED) is 0.249. The van der Waals surface area contributed by atoms with Crippen LogP contribution in [-0.2, 0) is 17.8 Å². The van der Waals surface area contributed by atoms with Gasteiger partial charge in [-0.25, -0.2) is 0 Å². The first-order valence-corrected chi connectivity index (χ1v) is 14.2. The highest BCUT2D eigenvalue weighted by Crippen LogP contribution is 2.29. The Morgan fingerprint density at radius 1 is 0.921 bits per heavy atom. The zero-order valence-electron chi connectivity index (χ0n) is 22.7. The Labute approximate surface area is 232 Å². The lowest BCUT2D eigenvalue weighted by molar-refractivity contribution is -0.132. The summed E-state index contributed by atoms with van der Waals surface area (Å²) in [6, 6.07) is 24.6. The number of hydrogen-bond donors (Lipinski definition) is 0. The molecule has 0 unspecified atom stereocenters. The minimum Gasteiger partial charge on any atom is -0.343 e. The van der Waals surface area contributed by atoms with Gasteiger partial charge in [-0.15, -0.1) is 0 Å². The van der Waals surface area contributed by atoms with Crippen molar-refractivity contribution in [1.82, 2.24) is 9.80 Å². The second-order valence-corrected chi connectivity index (χ2v) is 10.9. The van der Waals surface area contributed by atoms with Crippen LogP contribution in [-0.4, -0.2) is 47.7 Å². The standard InChI is InChI=1S/C33H39ClN2O2/c1-3-35(24-27-8-4-6-25(2)22-27)19-16-26-7-5-9-30(23-26)32(37)14-15-33(38)36-20-17-29(18-21-36)28-10-12-31(34)13-11-28/h4-13,22-23,29H,3,14-21,24H2,1-2H3. The molecule has 38 heavy (non-hydrogen) atoms. The number of nitrogens with zero attached hydrogens (tertiary/aromatic N) is 2. The third kappa shape index (κ3) is 8.02. The summed E-state index contributed by atoms with van der Waals surface area (Å²) in [4.78, 5) is 30.1. The number of halogens is 1. The SMILES string of the molecule is CCN(CCc1cccc(C(=O)CCC(=O)N2CCC(c3ccc(Cl)cc3)CC2)c1)Cc1cccc(C)c1. The van der Waals surface area contributed by atoms with E-state index in [0.717, 1.165) is 62.6 Å². The van der Waals surface area contributed by atoms with Gasteiger partial charge in [0, 0.05) is 49.6 Å². The normalized spacial score (nSPS) is 14.2. The number of hydrogen-bond acceptors (Lipinski definition) is 3. The summed E-state index contributed by atoms with van der Waals surface area (Å²) in [6.07, 6.45) is 3.31. The minimum atomic E-state index is 0.0448. The molecule has 1 fully saturated rings. The summed E-state index contributed by atoms with van der Waals surface area (Å²) in [6.45, 7) is 8.64. The summed E-state index contributed by atoms with van der Waals surface area (Å²) in [5.74, 6) is 0.586. The first kappa shape index (κ1) is 28.1. The maximum absolute atomic E-state index is 12.9. The van der Waals surface area contributed by atoms with Crippen molar-refractivity contribution in [2.24, 2.45) is 0 Å².